The summed E-state index contributed by atoms with van der Waals surface area (Å²) < 4.78 is 7.20. The van der Waals surface area contributed by atoms with Crippen LogP contribution in [-0.2, 0) is 13.1 Å². The van der Waals surface area contributed by atoms with Crippen LogP contribution < -0.4 is 15.6 Å². The maximum atomic E-state index is 12.3. The van der Waals surface area contributed by atoms with Crippen LogP contribution >= 0.6 is 0 Å². The molecule has 1 aliphatic rings. The number of carbonyl (C=O) groups is 1. The summed E-state index contributed by atoms with van der Waals surface area (Å²) in [6, 6.07) is 6.51. The van der Waals surface area contributed by atoms with Gasteiger partial charge in [-0.15, -0.1) is 0 Å². The molecule has 0 unspecified atom stereocenters. The van der Waals surface area contributed by atoms with Gasteiger partial charge in [-0.2, -0.15) is 5.10 Å². The van der Waals surface area contributed by atoms with Crippen molar-refractivity contribution in [2.75, 3.05) is 0 Å². The zero-order chi connectivity index (χ0) is 18.4. The average molecular weight is 356 g/mol. The van der Waals surface area contributed by atoms with Gasteiger partial charge >= 0.3 is 0 Å². The maximum Gasteiger partial charge on any atom is 0.271 e. The summed E-state index contributed by atoms with van der Waals surface area (Å²) >= 11 is 0. The van der Waals surface area contributed by atoms with Gasteiger partial charge in [0, 0.05) is 31.4 Å². The summed E-state index contributed by atoms with van der Waals surface area (Å²) in [5.74, 6) is 0.281. The van der Waals surface area contributed by atoms with Crippen molar-refractivity contribution in [2.45, 2.75) is 58.2 Å². The zero-order valence-corrected chi connectivity index (χ0v) is 15.0. The van der Waals surface area contributed by atoms with Crippen molar-refractivity contribution in [3.8, 4) is 5.88 Å². The fourth-order valence-corrected chi connectivity index (χ4v) is 3.02. The van der Waals surface area contributed by atoms with Crippen LogP contribution in [0.15, 0.2) is 35.3 Å². The lowest BCUT2D eigenvalue weighted by molar-refractivity contribution is 0.0943. The number of carbonyl (C=O) groups excluding carboxylic acids is 1. The van der Waals surface area contributed by atoms with Crippen molar-refractivity contribution in [3.63, 3.8) is 0 Å². The maximum absolute atomic E-state index is 12.3. The van der Waals surface area contributed by atoms with Crippen LogP contribution in [0.5, 0.6) is 5.88 Å². The first-order valence-corrected chi connectivity index (χ1v) is 9.13. The minimum absolute atomic E-state index is 0.203. The Balaban J connectivity index is 1.60. The van der Waals surface area contributed by atoms with Gasteiger partial charge in [0.05, 0.1) is 0 Å². The number of ether oxygens (including phenoxy) is 1. The number of rotatable bonds is 7. The molecule has 1 fully saturated rings. The minimum atomic E-state index is -0.315. The Morgan fingerprint density at radius 3 is 2.88 bits per heavy atom. The van der Waals surface area contributed by atoms with Gasteiger partial charge in [0.15, 0.2) is 0 Å². The fraction of sp³-hybridized carbons (Fsp3) is 0.474. The molecule has 1 saturated carbocycles. The molecule has 3 rings (SSSR count). The summed E-state index contributed by atoms with van der Waals surface area (Å²) in [6.07, 6.45) is 7.26. The van der Waals surface area contributed by atoms with Crippen LogP contribution in [0.3, 0.4) is 0 Å². The lowest BCUT2D eigenvalue weighted by atomic mass is 10.2. The van der Waals surface area contributed by atoms with Crippen LogP contribution in [-0.4, -0.2) is 26.8 Å². The number of aromatic nitrogens is 3. The second kappa shape index (κ2) is 8.60. The summed E-state index contributed by atoms with van der Waals surface area (Å²) in [5.41, 5.74) is 0.934. The predicted molar refractivity (Wildman–Crippen MR) is 97.1 cm³/mol. The number of aryl methyl sites for hydroxylation is 1. The molecule has 0 saturated heterocycles. The quantitative estimate of drug-likeness (QED) is 0.823. The van der Waals surface area contributed by atoms with E-state index in [1.165, 1.54) is 29.7 Å². The Morgan fingerprint density at radius 2 is 2.12 bits per heavy atom. The lowest BCUT2D eigenvalue weighted by Crippen LogP contribution is -2.29. The number of nitrogens with zero attached hydrogens (tertiary/aromatic N) is 3. The van der Waals surface area contributed by atoms with Crippen LogP contribution in [0.4, 0.5) is 0 Å². The Bertz CT molecular complexity index is 812. The Kier molecular flexibility index (Phi) is 5.99. The van der Waals surface area contributed by atoms with E-state index in [1.807, 2.05) is 19.1 Å². The van der Waals surface area contributed by atoms with Crippen LogP contribution in [0.2, 0.25) is 0 Å². The van der Waals surface area contributed by atoms with Gasteiger partial charge in [-0.3, -0.25) is 9.59 Å². The highest BCUT2D eigenvalue weighted by Crippen LogP contribution is 2.23. The molecule has 7 heteroatoms. The van der Waals surface area contributed by atoms with Crippen LogP contribution in [0.1, 0.15) is 55.1 Å². The first-order chi connectivity index (χ1) is 12.7. The van der Waals surface area contributed by atoms with E-state index in [4.69, 9.17) is 4.74 Å². The average Bonchev–Trinajstić information content (AvgIpc) is 3.15. The molecule has 2 aromatic heterocycles. The molecule has 1 N–H and O–H groups in total. The second-order valence-corrected chi connectivity index (χ2v) is 6.49. The number of nitrogens with one attached hydrogen (secondary N) is 1. The van der Waals surface area contributed by atoms with Gasteiger partial charge in [-0.25, -0.2) is 9.67 Å². The molecule has 138 valence electrons. The van der Waals surface area contributed by atoms with Gasteiger partial charge in [-0.05, 0) is 49.8 Å². The monoisotopic (exact) mass is 356 g/mol. The van der Waals surface area contributed by atoms with Gasteiger partial charge in [0.25, 0.3) is 11.5 Å². The van der Waals surface area contributed by atoms with E-state index in [2.05, 4.69) is 15.4 Å². The molecule has 2 heterocycles. The van der Waals surface area contributed by atoms with E-state index in [1.54, 1.807) is 6.20 Å². The number of hydrogen-bond donors (Lipinski definition) is 1. The van der Waals surface area contributed by atoms with Crippen molar-refractivity contribution in [3.05, 3.63) is 52.1 Å². The van der Waals surface area contributed by atoms with E-state index in [-0.39, 0.29) is 23.3 Å². The highest BCUT2D eigenvalue weighted by atomic mass is 16.5. The molecule has 0 atom stereocenters. The number of amides is 1. The van der Waals surface area contributed by atoms with Gasteiger partial charge in [-0.1, -0.05) is 6.92 Å². The second-order valence-electron chi connectivity index (χ2n) is 6.49. The highest BCUT2D eigenvalue weighted by molar-refractivity contribution is 5.91. The summed E-state index contributed by atoms with van der Waals surface area (Å²) in [7, 11) is 0. The molecule has 0 bridgehead atoms. The summed E-state index contributed by atoms with van der Waals surface area (Å²) in [4.78, 5) is 28.2. The first-order valence-electron chi connectivity index (χ1n) is 9.13. The van der Waals surface area contributed by atoms with E-state index >= 15 is 0 Å². The number of hydrogen-bond acceptors (Lipinski definition) is 5. The molecule has 26 heavy (non-hydrogen) atoms. The molecule has 0 spiro atoms. The Morgan fingerprint density at radius 1 is 1.31 bits per heavy atom. The van der Waals surface area contributed by atoms with E-state index in [9.17, 15) is 9.59 Å². The molecule has 0 aromatic carbocycles. The normalized spacial score (nSPS) is 14.3. The fourth-order valence-electron chi connectivity index (χ4n) is 3.02. The Hall–Kier alpha value is -2.70. The van der Waals surface area contributed by atoms with Crippen LogP contribution in [0.25, 0.3) is 0 Å². The number of pyridine rings is 1. The smallest absolute Gasteiger partial charge is 0.271 e. The van der Waals surface area contributed by atoms with Crippen molar-refractivity contribution in [2.24, 2.45) is 0 Å². The molecule has 0 radical (unpaired) electrons. The minimum Gasteiger partial charge on any atom is -0.474 e. The zero-order valence-electron chi connectivity index (χ0n) is 15.0. The molecule has 2 aromatic rings. The SMILES string of the molecule is CCCn1nc(C(=O)NCc2ccnc(OC3CCCC3)c2)ccc1=O. The summed E-state index contributed by atoms with van der Waals surface area (Å²) in [6.45, 7) is 2.79. The third-order valence-electron chi connectivity index (χ3n) is 4.38. The molecular formula is C19H24N4O3. The molecular weight excluding hydrogens is 332 g/mol. The third-order valence-corrected chi connectivity index (χ3v) is 4.38. The molecule has 1 amide bonds. The van der Waals surface area contributed by atoms with Gasteiger partial charge < -0.3 is 10.1 Å². The molecule has 1 aliphatic carbocycles. The van der Waals surface area contributed by atoms with Crippen molar-refractivity contribution in [1.29, 1.82) is 0 Å². The van der Waals surface area contributed by atoms with Crippen molar-refractivity contribution >= 4 is 5.91 Å². The predicted octanol–water partition coefficient (Wildman–Crippen LogP) is 2.30. The van der Waals surface area contributed by atoms with Crippen molar-refractivity contribution < 1.29 is 9.53 Å². The molecule has 7 nitrogen and oxygen atoms in total. The van der Waals surface area contributed by atoms with Gasteiger partial charge in [0.2, 0.25) is 5.88 Å². The lowest BCUT2D eigenvalue weighted by Gasteiger charge is -2.13. The first kappa shape index (κ1) is 18.1. The van der Waals surface area contributed by atoms with Gasteiger partial charge in [0.1, 0.15) is 11.8 Å². The van der Waals surface area contributed by atoms with E-state index in [0.717, 1.165) is 24.8 Å². The Labute approximate surface area is 152 Å². The topological polar surface area (TPSA) is 86.1 Å². The summed E-state index contributed by atoms with van der Waals surface area (Å²) in [5, 5.41) is 6.94. The van der Waals surface area contributed by atoms with E-state index in [0.29, 0.717) is 19.0 Å². The third kappa shape index (κ3) is 4.68. The van der Waals surface area contributed by atoms with E-state index < -0.39 is 0 Å². The van der Waals surface area contributed by atoms with Crippen molar-refractivity contribution in [1.82, 2.24) is 20.1 Å². The van der Waals surface area contributed by atoms with Crippen LogP contribution in [0, 0.1) is 0 Å². The standard InChI is InChI=1S/C19H24N4O3/c1-2-11-23-18(24)8-7-16(22-23)19(25)21-13-14-9-10-20-17(12-14)26-15-5-3-4-6-15/h7-10,12,15H,2-6,11,13H2,1H3,(H,21,25). The molecule has 0 aliphatic heterocycles. The highest BCUT2D eigenvalue weighted by Gasteiger charge is 2.17. The largest absolute Gasteiger partial charge is 0.474 e.